The van der Waals surface area contributed by atoms with Gasteiger partial charge in [0.1, 0.15) is 0 Å². The number of anilines is 2. The van der Waals surface area contributed by atoms with Crippen molar-refractivity contribution in [2.75, 3.05) is 5.32 Å². The molecule has 1 amide bonds. The van der Waals surface area contributed by atoms with Crippen LogP contribution in [0.3, 0.4) is 0 Å². The Kier molecular flexibility index (Phi) is 7.67. The van der Waals surface area contributed by atoms with Gasteiger partial charge in [-0.3, -0.25) is 9.48 Å². The highest BCUT2D eigenvalue weighted by Gasteiger charge is 2.38. The Hall–Kier alpha value is -4.39. The number of aromatic nitrogens is 4. The van der Waals surface area contributed by atoms with E-state index in [0.717, 1.165) is 44.4 Å². The zero-order chi connectivity index (χ0) is 27.4. The molecule has 2 aromatic heterocycles. The minimum Gasteiger partial charge on any atom is -0.475 e. The number of amides is 1. The van der Waals surface area contributed by atoms with E-state index in [1.165, 1.54) is 0 Å². The van der Waals surface area contributed by atoms with Gasteiger partial charge in [-0.2, -0.15) is 18.3 Å². The number of carbonyl (C=O) groups excluding carboxylic acids is 1. The van der Waals surface area contributed by atoms with Crippen LogP contribution < -0.4 is 11.1 Å². The third-order valence-electron chi connectivity index (χ3n) is 5.46. The van der Waals surface area contributed by atoms with E-state index in [9.17, 15) is 18.0 Å². The first-order valence-electron chi connectivity index (χ1n) is 11.2. The molecule has 0 atom stereocenters. The topological polar surface area (TPSA) is 136 Å². The van der Waals surface area contributed by atoms with Gasteiger partial charge in [0.15, 0.2) is 5.69 Å². The third-order valence-corrected chi connectivity index (χ3v) is 6.54. The largest absolute Gasteiger partial charge is 0.490 e. The van der Waals surface area contributed by atoms with Gasteiger partial charge in [0, 0.05) is 28.6 Å². The van der Waals surface area contributed by atoms with E-state index < -0.39 is 18.1 Å². The molecule has 9 nitrogen and oxygen atoms in total. The second-order valence-electron chi connectivity index (χ2n) is 8.07. The van der Waals surface area contributed by atoms with Crippen LogP contribution in [0.15, 0.2) is 70.6 Å². The highest BCUT2D eigenvalue weighted by Crippen LogP contribution is 2.36. The monoisotopic (exact) mass is 542 g/mol. The van der Waals surface area contributed by atoms with Crippen LogP contribution in [0.2, 0.25) is 0 Å². The van der Waals surface area contributed by atoms with Crippen molar-refractivity contribution >= 4 is 35.3 Å². The van der Waals surface area contributed by atoms with Crippen LogP contribution in [-0.4, -0.2) is 42.9 Å². The summed E-state index contributed by atoms with van der Waals surface area (Å²) in [6.45, 7) is 0. The summed E-state index contributed by atoms with van der Waals surface area (Å²) >= 11 is 1.68. The van der Waals surface area contributed by atoms with Crippen molar-refractivity contribution in [3.05, 3.63) is 77.6 Å². The Morgan fingerprint density at radius 3 is 2.39 bits per heavy atom. The lowest BCUT2D eigenvalue weighted by Gasteiger charge is -2.18. The van der Waals surface area contributed by atoms with E-state index in [0.29, 0.717) is 18.1 Å². The first-order valence-corrected chi connectivity index (χ1v) is 12.0. The number of nitrogens with two attached hydrogens (primary N) is 1. The van der Waals surface area contributed by atoms with Gasteiger partial charge in [0.2, 0.25) is 5.95 Å². The molecule has 0 spiro atoms. The molecule has 1 aliphatic carbocycles. The maximum absolute atomic E-state index is 11.8. The second kappa shape index (κ2) is 10.9. The second-order valence-corrected chi connectivity index (χ2v) is 9.19. The summed E-state index contributed by atoms with van der Waals surface area (Å²) in [5.74, 6) is -2.78. The fourth-order valence-electron chi connectivity index (χ4n) is 3.81. The highest BCUT2D eigenvalue weighted by atomic mass is 32.2. The fourth-order valence-corrected chi connectivity index (χ4v) is 4.73. The minimum atomic E-state index is -5.08. The number of hydrogen-bond donors (Lipinski definition) is 3. The van der Waals surface area contributed by atoms with Crippen molar-refractivity contribution in [1.29, 1.82) is 0 Å². The molecule has 1 aliphatic rings. The lowest BCUT2D eigenvalue weighted by Crippen LogP contribution is -2.21. The zero-order valence-electron chi connectivity index (χ0n) is 19.9. The predicted octanol–water partition coefficient (Wildman–Crippen LogP) is 4.60. The van der Waals surface area contributed by atoms with Crippen LogP contribution in [0.1, 0.15) is 21.6 Å². The molecule has 0 saturated heterocycles. The predicted molar refractivity (Wildman–Crippen MR) is 134 cm³/mol. The lowest BCUT2D eigenvalue weighted by atomic mass is 9.93. The quantitative estimate of drug-likeness (QED) is 0.333. The molecule has 0 bridgehead atoms. The Balaban J connectivity index is 0.000000426. The maximum atomic E-state index is 11.8. The molecular formula is C25H21F3N6O3S. The summed E-state index contributed by atoms with van der Waals surface area (Å²) in [5.41, 5.74) is 10.3. The number of fused-ring (bicyclic) bond motifs is 3. The summed E-state index contributed by atoms with van der Waals surface area (Å²) in [6, 6.07) is 18.3. The summed E-state index contributed by atoms with van der Waals surface area (Å²) in [5, 5.41) is 14.8. The molecule has 2 heterocycles. The standard InChI is InChI=1S/C23H20N6OS.C2HF3O2/c1-29-21-16(20(28-29)22(24)30)12-11-14-13-25-23(27-19(14)21)26-17-9-5-6-10-18(17)31-15-7-3-2-4-8-15;3-2(4,5)1(6)7/h2-10,13H,11-12H2,1H3,(H2,24,30)(H,25,26,27);(H,6,7). The SMILES string of the molecule is Cn1nc(C(N)=O)c2c1-c1nc(Nc3ccccc3Sc3ccccc3)ncc1CC2.O=C(O)C(F)(F)F. The number of halogens is 3. The number of aryl methyl sites for hydroxylation is 2. The third kappa shape index (κ3) is 5.94. The van der Waals surface area contributed by atoms with Crippen molar-refractivity contribution < 1.29 is 27.9 Å². The number of primary amides is 1. The molecule has 13 heteroatoms. The van der Waals surface area contributed by atoms with E-state index in [1.807, 2.05) is 42.6 Å². The number of carbonyl (C=O) groups is 2. The van der Waals surface area contributed by atoms with Gasteiger partial charge < -0.3 is 16.2 Å². The first-order chi connectivity index (χ1) is 18.0. The number of rotatable bonds is 5. The Bertz CT molecular complexity index is 1490. The molecule has 38 heavy (non-hydrogen) atoms. The van der Waals surface area contributed by atoms with E-state index >= 15 is 0 Å². The van der Waals surface area contributed by atoms with Gasteiger partial charge in [0.05, 0.1) is 17.1 Å². The first kappa shape index (κ1) is 26.7. The number of nitrogens with one attached hydrogen (secondary N) is 1. The van der Waals surface area contributed by atoms with Crippen LogP contribution in [0.25, 0.3) is 11.4 Å². The molecule has 0 fully saturated rings. The number of aliphatic carboxylic acids is 1. The number of carboxylic acid groups (broad SMARTS) is 1. The van der Waals surface area contributed by atoms with E-state index in [2.05, 4.69) is 33.6 Å². The minimum absolute atomic E-state index is 0.320. The van der Waals surface area contributed by atoms with Crippen molar-refractivity contribution in [2.24, 2.45) is 12.8 Å². The molecule has 0 radical (unpaired) electrons. The molecule has 5 rings (SSSR count). The van der Waals surface area contributed by atoms with Crippen LogP contribution in [0, 0.1) is 0 Å². The number of hydrogen-bond acceptors (Lipinski definition) is 7. The molecule has 0 aliphatic heterocycles. The average Bonchev–Trinajstić information content (AvgIpc) is 3.23. The van der Waals surface area contributed by atoms with Crippen LogP contribution in [0.4, 0.5) is 24.8 Å². The van der Waals surface area contributed by atoms with E-state index in [1.54, 1.807) is 23.5 Å². The van der Waals surface area contributed by atoms with Crippen molar-refractivity contribution in [3.8, 4) is 11.4 Å². The molecule has 2 aromatic carbocycles. The highest BCUT2D eigenvalue weighted by molar-refractivity contribution is 7.99. The number of nitrogens with zero attached hydrogens (tertiary/aromatic N) is 4. The van der Waals surface area contributed by atoms with Crippen LogP contribution >= 0.6 is 11.8 Å². The Labute approximate surface area is 218 Å². The maximum Gasteiger partial charge on any atom is 0.490 e. The number of benzene rings is 2. The van der Waals surface area contributed by atoms with Gasteiger partial charge in [-0.25, -0.2) is 14.8 Å². The van der Waals surface area contributed by atoms with Gasteiger partial charge in [-0.05, 0) is 42.7 Å². The summed E-state index contributed by atoms with van der Waals surface area (Å²) in [7, 11) is 1.81. The van der Waals surface area contributed by atoms with Crippen molar-refractivity contribution in [3.63, 3.8) is 0 Å². The normalized spacial score (nSPS) is 12.0. The smallest absolute Gasteiger partial charge is 0.475 e. The molecule has 0 saturated carbocycles. The summed E-state index contributed by atoms with van der Waals surface area (Å²) in [4.78, 5) is 32.2. The zero-order valence-corrected chi connectivity index (χ0v) is 20.7. The fraction of sp³-hybridized carbons (Fsp3) is 0.160. The lowest BCUT2D eigenvalue weighted by molar-refractivity contribution is -0.192. The van der Waals surface area contributed by atoms with E-state index in [-0.39, 0.29) is 0 Å². The molecule has 196 valence electrons. The Morgan fingerprint density at radius 1 is 1.08 bits per heavy atom. The van der Waals surface area contributed by atoms with Gasteiger partial charge in [-0.1, -0.05) is 42.1 Å². The van der Waals surface area contributed by atoms with Gasteiger partial charge in [-0.15, -0.1) is 0 Å². The van der Waals surface area contributed by atoms with Crippen molar-refractivity contribution in [2.45, 2.75) is 28.8 Å². The van der Waals surface area contributed by atoms with Crippen LogP contribution in [0.5, 0.6) is 0 Å². The molecule has 4 N–H and O–H groups in total. The summed E-state index contributed by atoms with van der Waals surface area (Å²) in [6.07, 6.45) is -1.80. The van der Waals surface area contributed by atoms with Gasteiger partial charge in [0.25, 0.3) is 5.91 Å². The number of alkyl halides is 3. The molecule has 0 unspecified atom stereocenters. The number of para-hydroxylation sites is 1. The molecular weight excluding hydrogens is 521 g/mol. The van der Waals surface area contributed by atoms with Gasteiger partial charge >= 0.3 is 12.1 Å². The average molecular weight is 543 g/mol. The van der Waals surface area contributed by atoms with E-state index in [4.69, 9.17) is 20.6 Å². The van der Waals surface area contributed by atoms with Crippen LogP contribution in [-0.2, 0) is 24.7 Å². The molecule has 4 aromatic rings. The Morgan fingerprint density at radius 2 is 1.74 bits per heavy atom. The van der Waals surface area contributed by atoms with Crippen molar-refractivity contribution in [1.82, 2.24) is 19.7 Å². The summed E-state index contributed by atoms with van der Waals surface area (Å²) < 4.78 is 33.4. The number of carboxylic acids is 1.